The van der Waals surface area contributed by atoms with Crippen molar-refractivity contribution in [2.45, 2.75) is 46.7 Å². The average molecular weight is 334 g/mol. The lowest BCUT2D eigenvalue weighted by atomic mass is 10.1. The second-order valence-electron chi connectivity index (χ2n) is 5.85. The van der Waals surface area contributed by atoms with Crippen LogP contribution in [0.3, 0.4) is 0 Å². The number of rotatable bonds is 6. The van der Waals surface area contributed by atoms with Gasteiger partial charge in [0, 0.05) is 24.7 Å². The van der Waals surface area contributed by atoms with Gasteiger partial charge in [-0.1, -0.05) is 0 Å². The first-order valence-electron chi connectivity index (χ1n) is 7.68. The minimum absolute atomic E-state index is 0.00904. The van der Waals surface area contributed by atoms with Gasteiger partial charge < -0.3 is 5.32 Å². The van der Waals surface area contributed by atoms with Gasteiger partial charge in [-0.25, -0.2) is 0 Å². The number of aryl methyl sites for hydroxylation is 3. The number of aromatic nitrogens is 4. The highest BCUT2D eigenvalue weighted by molar-refractivity contribution is 5.76. The molecule has 130 valence electrons. The molecule has 0 aromatic carbocycles. The quantitative estimate of drug-likeness (QED) is 0.639. The van der Waals surface area contributed by atoms with Crippen molar-refractivity contribution >= 4 is 11.6 Å². The number of nitrogens with one attached hydrogen (secondary N) is 1. The average Bonchev–Trinajstić information content (AvgIpc) is 2.97. The first-order valence-corrected chi connectivity index (χ1v) is 7.68. The van der Waals surface area contributed by atoms with Crippen molar-refractivity contribution in [3.8, 4) is 0 Å². The van der Waals surface area contributed by atoms with E-state index in [1.807, 2.05) is 20.9 Å². The molecule has 0 saturated heterocycles. The van der Waals surface area contributed by atoms with Gasteiger partial charge >= 0.3 is 5.69 Å². The Labute approximate surface area is 139 Å². The maximum Gasteiger partial charge on any atom is 0.312 e. The number of nitro groups is 1. The van der Waals surface area contributed by atoms with Crippen LogP contribution >= 0.6 is 0 Å². The smallest absolute Gasteiger partial charge is 0.312 e. The Morgan fingerprint density at radius 1 is 1.38 bits per heavy atom. The predicted octanol–water partition coefficient (Wildman–Crippen LogP) is 1.72. The Balaban J connectivity index is 1.98. The molecule has 2 aromatic rings. The molecule has 1 atom stereocenters. The van der Waals surface area contributed by atoms with Gasteiger partial charge in [0.05, 0.1) is 23.7 Å². The standard InChI is InChI=1S/C15H22N6O3/c1-9(13-8-16-19(5)11(13)3)17-14(22)6-7-20-12(4)15(21(23)24)10(2)18-20/h8-9H,6-7H2,1-5H3,(H,17,22). The van der Waals surface area contributed by atoms with Gasteiger partial charge in [0.25, 0.3) is 0 Å². The van der Waals surface area contributed by atoms with Crippen LogP contribution in [0.1, 0.15) is 42.0 Å². The highest BCUT2D eigenvalue weighted by Crippen LogP contribution is 2.22. The number of hydrogen-bond donors (Lipinski definition) is 1. The van der Waals surface area contributed by atoms with Crippen molar-refractivity contribution < 1.29 is 9.72 Å². The number of hydrogen-bond acceptors (Lipinski definition) is 5. The largest absolute Gasteiger partial charge is 0.349 e. The Morgan fingerprint density at radius 2 is 2.04 bits per heavy atom. The first kappa shape index (κ1) is 17.6. The molecule has 0 radical (unpaired) electrons. The third-order valence-electron chi connectivity index (χ3n) is 4.19. The second kappa shape index (κ2) is 6.81. The van der Waals surface area contributed by atoms with E-state index in [4.69, 9.17) is 0 Å². The maximum atomic E-state index is 12.1. The molecule has 1 amide bonds. The van der Waals surface area contributed by atoms with E-state index in [1.54, 1.807) is 24.7 Å². The minimum atomic E-state index is -0.443. The molecule has 9 nitrogen and oxygen atoms in total. The fourth-order valence-electron chi connectivity index (χ4n) is 2.71. The molecule has 9 heteroatoms. The molecule has 0 saturated carbocycles. The zero-order chi connectivity index (χ0) is 18.0. The van der Waals surface area contributed by atoms with Gasteiger partial charge in [-0.2, -0.15) is 10.2 Å². The molecule has 0 aliphatic heterocycles. The van der Waals surface area contributed by atoms with Crippen molar-refractivity contribution in [2.75, 3.05) is 0 Å². The van der Waals surface area contributed by atoms with Gasteiger partial charge in [-0.15, -0.1) is 0 Å². The van der Waals surface area contributed by atoms with Crippen LogP contribution in [0.25, 0.3) is 0 Å². The van der Waals surface area contributed by atoms with E-state index < -0.39 is 4.92 Å². The summed E-state index contributed by atoms with van der Waals surface area (Å²) in [4.78, 5) is 22.7. The van der Waals surface area contributed by atoms with E-state index in [9.17, 15) is 14.9 Å². The second-order valence-corrected chi connectivity index (χ2v) is 5.85. The van der Waals surface area contributed by atoms with Crippen LogP contribution in [0.2, 0.25) is 0 Å². The Bertz CT molecular complexity index is 777. The first-order chi connectivity index (χ1) is 11.2. The highest BCUT2D eigenvalue weighted by Gasteiger charge is 2.22. The lowest BCUT2D eigenvalue weighted by molar-refractivity contribution is -0.386. The molecule has 24 heavy (non-hydrogen) atoms. The van der Waals surface area contributed by atoms with Crippen LogP contribution < -0.4 is 5.32 Å². The topological polar surface area (TPSA) is 108 Å². The number of nitrogens with zero attached hydrogens (tertiary/aromatic N) is 5. The molecule has 1 N–H and O–H groups in total. The van der Waals surface area contributed by atoms with Crippen molar-refractivity contribution in [3.05, 3.63) is 39.0 Å². The molecule has 0 aliphatic rings. The summed E-state index contributed by atoms with van der Waals surface area (Å²) in [7, 11) is 1.85. The molecule has 2 aromatic heterocycles. The maximum absolute atomic E-state index is 12.1. The summed E-state index contributed by atoms with van der Waals surface area (Å²) in [5.41, 5.74) is 2.79. The summed E-state index contributed by atoms with van der Waals surface area (Å²) in [5, 5.41) is 22.2. The molecule has 0 spiro atoms. The zero-order valence-electron chi connectivity index (χ0n) is 14.5. The number of carbonyl (C=O) groups is 1. The minimum Gasteiger partial charge on any atom is -0.349 e. The van der Waals surface area contributed by atoms with Crippen LogP contribution in [0.15, 0.2) is 6.20 Å². The molecule has 1 unspecified atom stereocenters. The molecule has 0 aliphatic carbocycles. The van der Waals surface area contributed by atoms with E-state index in [0.29, 0.717) is 17.9 Å². The van der Waals surface area contributed by atoms with E-state index >= 15 is 0 Å². The number of amides is 1. The van der Waals surface area contributed by atoms with Gasteiger partial charge in [0.15, 0.2) is 0 Å². The Morgan fingerprint density at radius 3 is 2.54 bits per heavy atom. The summed E-state index contributed by atoms with van der Waals surface area (Å²) in [6.07, 6.45) is 1.94. The normalized spacial score (nSPS) is 12.2. The summed E-state index contributed by atoms with van der Waals surface area (Å²) in [6, 6.07) is -0.152. The van der Waals surface area contributed by atoms with Crippen molar-refractivity contribution in [2.24, 2.45) is 7.05 Å². The van der Waals surface area contributed by atoms with Crippen LogP contribution in [0.5, 0.6) is 0 Å². The summed E-state index contributed by atoms with van der Waals surface area (Å²) in [5.74, 6) is -0.138. The van der Waals surface area contributed by atoms with Gasteiger partial charge in [-0.05, 0) is 27.7 Å². The van der Waals surface area contributed by atoms with Crippen LogP contribution in [0.4, 0.5) is 5.69 Å². The Hall–Kier alpha value is -2.71. The molecule has 0 fully saturated rings. The lowest BCUT2D eigenvalue weighted by Gasteiger charge is -2.14. The molecular formula is C15H22N6O3. The fraction of sp³-hybridized carbons (Fsp3) is 0.533. The van der Waals surface area contributed by atoms with Gasteiger partial charge in [-0.3, -0.25) is 24.3 Å². The van der Waals surface area contributed by atoms with Gasteiger partial charge in [0.2, 0.25) is 5.91 Å². The van der Waals surface area contributed by atoms with E-state index in [1.165, 1.54) is 4.68 Å². The van der Waals surface area contributed by atoms with Crippen molar-refractivity contribution in [1.29, 1.82) is 0 Å². The van der Waals surface area contributed by atoms with Crippen molar-refractivity contribution in [1.82, 2.24) is 24.9 Å². The molecule has 2 rings (SSSR count). The summed E-state index contributed by atoms with van der Waals surface area (Å²) in [6.45, 7) is 7.37. The van der Waals surface area contributed by atoms with Crippen molar-refractivity contribution in [3.63, 3.8) is 0 Å². The highest BCUT2D eigenvalue weighted by atomic mass is 16.6. The number of carbonyl (C=O) groups excluding carboxylic acids is 1. The predicted molar refractivity (Wildman–Crippen MR) is 87.5 cm³/mol. The fourth-order valence-corrected chi connectivity index (χ4v) is 2.71. The Kier molecular flexibility index (Phi) is 5.01. The zero-order valence-corrected chi connectivity index (χ0v) is 14.5. The van der Waals surface area contributed by atoms with Crippen LogP contribution in [0, 0.1) is 30.9 Å². The third-order valence-corrected chi connectivity index (χ3v) is 4.19. The van der Waals surface area contributed by atoms with E-state index in [-0.39, 0.29) is 24.1 Å². The molecule has 0 bridgehead atoms. The third kappa shape index (κ3) is 3.44. The lowest BCUT2D eigenvalue weighted by Crippen LogP contribution is -2.28. The van der Waals surface area contributed by atoms with Gasteiger partial charge in [0.1, 0.15) is 11.4 Å². The SMILES string of the molecule is Cc1nn(CCC(=O)NC(C)c2cnn(C)c2C)c(C)c1[N+](=O)[O-]. The molecular weight excluding hydrogens is 312 g/mol. The summed E-state index contributed by atoms with van der Waals surface area (Å²) < 4.78 is 3.26. The molecule has 2 heterocycles. The van der Waals surface area contributed by atoms with E-state index in [0.717, 1.165) is 11.3 Å². The van der Waals surface area contributed by atoms with E-state index in [2.05, 4.69) is 15.5 Å². The van der Waals surface area contributed by atoms with Crippen LogP contribution in [-0.4, -0.2) is 30.4 Å². The summed E-state index contributed by atoms with van der Waals surface area (Å²) >= 11 is 0. The van der Waals surface area contributed by atoms with Crippen LogP contribution in [-0.2, 0) is 18.4 Å². The monoisotopic (exact) mass is 334 g/mol.